The highest BCUT2D eigenvalue weighted by atomic mass is 19.4. The van der Waals surface area contributed by atoms with Crippen molar-refractivity contribution < 1.29 is 79.4 Å². The van der Waals surface area contributed by atoms with Crippen molar-refractivity contribution in [1.29, 1.82) is 0 Å². The number of hydrogen-bond donors (Lipinski definition) is 1. The summed E-state index contributed by atoms with van der Waals surface area (Å²) in [6.45, 7) is 0. The molecule has 0 radical (unpaired) electrons. The van der Waals surface area contributed by atoms with Crippen molar-refractivity contribution in [3.63, 3.8) is 0 Å². The highest BCUT2D eigenvalue weighted by molar-refractivity contribution is 5.70. The number of benzene rings is 2. The predicted octanol–water partition coefficient (Wildman–Crippen LogP) is 8.80. The van der Waals surface area contributed by atoms with Crippen LogP contribution in [0.25, 0.3) is 11.1 Å². The van der Waals surface area contributed by atoms with Crippen molar-refractivity contribution in [2.24, 2.45) is 0 Å². The van der Waals surface area contributed by atoms with Crippen LogP contribution in [-0.4, -0.2) is 41.7 Å². The van der Waals surface area contributed by atoms with E-state index in [9.17, 15) is 74.6 Å². The number of alkyl halides is 15. The third kappa shape index (κ3) is 4.86. The fourth-order valence-corrected chi connectivity index (χ4v) is 2.82. The van der Waals surface area contributed by atoms with Crippen LogP contribution in [0.3, 0.4) is 0 Å². The molecule has 19 heteroatoms. The van der Waals surface area contributed by atoms with E-state index in [1.54, 1.807) is 6.07 Å². The quantitative estimate of drug-likeness (QED) is 0.174. The summed E-state index contributed by atoms with van der Waals surface area (Å²) in [5, 5.41) is 0. The molecule has 0 spiro atoms. The van der Waals surface area contributed by atoms with Gasteiger partial charge in [-0.05, 0) is 23.3 Å². The highest BCUT2D eigenvalue weighted by Crippen LogP contribution is 2.63. The van der Waals surface area contributed by atoms with E-state index in [0.29, 0.717) is 11.6 Å². The Labute approximate surface area is 210 Å². The first-order valence-electron chi connectivity index (χ1n) is 9.81. The molecule has 0 saturated heterocycles. The molecule has 2 nitrogen and oxygen atoms in total. The zero-order chi connectivity index (χ0) is 31.3. The number of anilines is 1. The lowest BCUT2D eigenvalue weighted by atomic mass is 9.91. The maximum Gasteiger partial charge on any atom is 0.460 e. The van der Waals surface area contributed by atoms with Gasteiger partial charge in [0, 0.05) is 0 Å². The van der Waals surface area contributed by atoms with Crippen molar-refractivity contribution in [2.75, 3.05) is 5.73 Å². The van der Waals surface area contributed by atoms with Gasteiger partial charge in [-0.3, -0.25) is 0 Å². The number of nitrogens with two attached hydrogens (primary N) is 1. The monoisotopic (exact) mass is 615 g/mol. The van der Waals surface area contributed by atoms with E-state index in [4.69, 9.17) is 5.73 Å². The number of allylic oxidation sites excluding steroid dienone is 1. The molecular formula is C21H10F17NO. The molecule has 0 heterocycles. The van der Waals surface area contributed by atoms with Crippen molar-refractivity contribution in [2.45, 2.75) is 41.7 Å². The van der Waals surface area contributed by atoms with Crippen LogP contribution in [0.2, 0.25) is 0 Å². The highest BCUT2D eigenvalue weighted by Gasteiger charge is 2.93. The summed E-state index contributed by atoms with van der Waals surface area (Å²) in [6, 6.07) is 6.54. The molecule has 0 fully saturated rings. The average Bonchev–Trinajstić information content (AvgIpc) is 2.83. The molecule has 0 bridgehead atoms. The fraction of sp³-hybridized carbons (Fsp3) is 0.333. The summed E-state index contributed by atoms with van der Waals surface area (Å²) < 4.78 is 230. The molecule has 2 aromatic carbocycles. The lowest BCUT2D eigenvalue weighted by Gasteiger charge is -2.41. The minimum Gasteiger partial charge on any atom is -0.427 e. The van der Waals surface area contributed by atoms with Crippen molar-refractivity contribution >= 4 is 5.69 Å². The number of hydrogen-bond acceptors (Lipinski definition) is 2. The molecule has 0 aromatic heterocycles. The van der Waals surface area contributed by atoms with Crippen molar-refractivity contribution in [3.8, 4) is 16.9 Å². The van der Waals surface area contributed by atoms with Gasteiger partial charge in [0.05, 0.1) is 5.69 Å². The van der Waals surface area contributed by atoms with E-state index >= 15 is 0 Å². The Balaban J connectivity index is 2.51. The maximum absolute atomic E-state index is 13.9. The maximum atomic E-state index is 13.9. The standard InChI is InChI=1S/C21H10F17NO/c22-13(14(23)40-12-7-6-10(8-11(12)39)9-4-2-1-3-5-9)15(24,25)16(26,27)17(28,29)18(30,31)19(32,33)20(34,35)21(36,37)38/h1-8H,39H2. The number of ether oxygens (including phenoxy) is 1. The minimum atomic E-state index is -8.65. The predicted molar refractivity (Wildman–Crippen MR) is 102 cm³/mol. The van der Waals surface area contributed by atoms with Crippen LogP contribution in [0.15, 0.2) is 60.4 Å². The molecule has 0 unspecified atom stereocenters. The third-order valence-electron chi connectivity index (χ3n) is 5.09. The molecule has 0 aliphatic carbocycles. The van der Waals surface area contributed by atoms with Gasteiger partial charge in [0.2, 0.25) is 5.83 Å². The first-order valence-corrected chi connectivity index (χ1v) is 9.81. The van der Waals surface area contributed by atoms with E-state index in [-0.39, 0.29) is 5.56 Å². The van der Waals surface area contributed by atoms with Gasteiger partial charge in [-0.1, -0.05) is 36.4 Å². The zero-order valence-electron chi connectivity index (χ0n) is 18.5. The van der Waals surface area contributed by atoms with Crippen LogP contribution in [-0.2, 0) is 0 Å². The largest absolute Gasteiger partial charge is 0.460 e. The van der Waals surface area contributed by atoms with Gasteiger partial charge in [-0.25, -0.2) is 0 Å². The lowest BCUT2D eigenvalue weighted by Crippen LogP contribution is -2.72. The Hall–Kier alpha value is -3.41. The number of nitrogen functional groups attached to an aromatic ring is 1. The van der Waals surface area contributed by atoms with Crippen LogP contribution in [0.5, 0.6) is 5.75 Å². The molecule has 224 valence electrons. The van der Waals surface area contributed by atoms with E-state index in [0.717, 1.165) is 12.1 Å². The molecule has 2 rings (SSSR count). The van der Waals surface area contributed by atoms with Crippen molar-refractivity contribution in [3.05, 3.63) is 60.4 Å². The number of rotatable bonds is 9. The molecule has 2 N–H and O–H groups in total. The average molecular weight is 615 g/mol. The summed E-state index contributed by atoms with van der Waals surface area (Å²) in [4.78, 5) is 0. The van der Waals surface area contributed by atoms with Crippen LogP contribution >= 0.6 is 0 Å². The Morgan fingerprint density at radius 1 is 0.550 bits per heavy atom. The summed E-state index contributed by atoms with van der Waals surface area (Å²) in [6.07, 6.45) is -7.80. The van der Waals surface area contributed by atoms with Crippen molar-refractivity contribution in [1.82, 2.24) is 0 Å². The van der Waals surface area contributed by atoms with Gasteiger partial charge < -0.3 is 10.5 Å². The Morgan fingerprint density at radius 3 is 1.45 bits per heavy atom. The van der Waals surface area contributed by atoms with Gasteiger partial charge in [-0.2, -0.15) is 74.6 Å². The van der Waals surface area contributed by atoms with E-state index in [2.05, 4.69) is 4.74 Å². The normalized spacial score (nSPS) is 15.1. The van der Waals surface area contributed by atoms with Gasteiger partial charge in [0.15, 0.2) is 5.75 Å². The summed E-state index contributed by atoms with van der Waals surface area (Å²) in [5.74, 6) is -55.5. The van der Waals surface area contributed by atoms with Gasteiger partial charge >= 0.3 is 47.7 Å². The van der Waals surface area contributed by atoms with Gasteiger partial charge in [0.1, 0.15) is 0 Å². The first-order chi connectivity index (χ1) is 17.8. The fourth-order valence-electron chi connectivity index (χ4n) is 2.82. The van der Waals surface area contributed by atoms with Crippen LogP contribution in [0, 0.1) is 0 Å². The van der Waals surface area contributed by atoms with Crippen LogP contribution < -0.4 is 10.5 Å². The molecule has 0 amide bonds. The topological polar surface area (TPSA) is 35.2 Å². The number of halogens is 17. The van der Waals surface area contributed by atoms with Gasteiger partial charge in [-0.15, -0.1) is 0 Å². The first kappa shape index (κ1) is 32.8. The molecule has 2 aromatic rings. The third-order valence-corrected chi connectivity index (χ3v) is 5.09. The molecular weight excluding hydrogens is 605 g/mol. The van der Waals surface area contributed by atoms with Gasteiger partial charge in [0.25, 0.3) is 0 Å². The summed E-state index contributed by atoms with van der Waals surface area (Å²) in [5.41, 5.74) is 5.30. The summed E-state index contributed by atoms with van der Waals surface area (Å²) in [7, 11) is 0. The van der Waals surface area contributed by atoms with E-state index in [1.165, 1.54) is 24.3 Å². The Kier molecular flexibility index (Phi) is 8.12. The smallest absolute Gasteiger partial charge is 0.427 e. The second-order valence-electron chi connectivity index (χ2n) is 7.75. The van der Waals surface area contributed by atoms with Crippen LogP contribution in [0.4, 0.5) is 80.3 Å². The zero-order valence-corrected chi connectivity index (χ0v) is 18.5. The summed E-state index contributed by atoms with van der Waals surface area (Å²) >= 11 is 0. The molecule has 0 atom stereocenters. The SMILES string of the molecule is Nc1cc(-c2ccccc2)ccc1OC(F)=C(F)C(F)(F)C(F)(F)C(F)(F)C(F)(F)C(F)(F)C(F)(F)C(F)(F)F. The van der Waals surface area contributed by atoms with Crippen LogP contribution in [0.1, 0.15) is 0 Å². The minimum absolute atomic E-state index is 0.214. The molecule has 0 saturated carbocycles. The van der Waals surface area contributed by atoms with E-state index in [1.807, 2.05) is 0 Å². The molecule has 40 heavy (non-hydrogen) atoms. The second-order valence-corrected chi connectivity index (χ2v) is 7.75. The Morgan fingerprint density at radius 2 is 1.00 bits per heavy atom. The lowest BCUT2D eigenvalue weighted by molar-refractivity contribution is -0.451. The Bertz CT molecular complexity index is 1250. The van der Waals surface area contributed by atoms with E-state index < -0.39 is 65.0 Å². The molecule has 0 aliphatic heterocycles. The second kappa shape index (κ2) is 9.90. The molecule has 0 aliphatic rings.